The Kier molecular flexibility index (Phi) is 4.12. The Bertz CT molecular complexity index is 746. The lowest BCUT2D eigenvalue weighted by atomic mass is 9.96. The first kappa shape index (κ1) is 15.3. The predicted molar refractivity (Wildman–Crippen MR) is 90.2 cm³/mol. The zero-order chi connectivity index (χ0) is 15.9. The molecule has 2 aromatic rings. The van der Waals surface area contributed by atoms with Crippen molar-refractivity contribution in [3.05, 3.63) is 50.6 Å². The molecule has 1 aliphatic heterocycles. The Morgan fingerprint density at radius 1 is 1.36 bits per heavy atom. The van der Waals surface area contributed by atoms with E-state index in [2.05, 4.69) is 5.10 Å². The maximum atomic E-state index is 11.4. The highest BCUT2D eigenvalue weighted by atomic mass is 35.5. The molecule has 0 saturated heterocycles. The molecule has 2 atom stereocenters. The van der Waals surface area contributed by atoms with E-state index in [9.17, 15) is 9.90 Å². The number of aliphatic carboxylic acids is 1. The Morgan fingerprint density at radius 3 is 2.73 bits per heavy atom. The van der Waals surface area contributed by atoms with E-state index in [1.54, 1.807) is 34.5 Å². The predicted octanol–water partition coefficient (Wildman–Crippen LogP) is 4.69. The van der Waals surface area contributed by atoms with Gasteiger partial charge in [0.05, 0.1) is 16.8 Å². The van der Waals surface area contributed by atoms with Crippen LogP contribution in [-0.4, -0.2) is 16.8 Å². The van der Waals surface area contributed by atoms with Crippen molar-refractivity contribution < 1.29 is 9.90 Å². The number of benzene rings is 1. The fourth-order valence-electron chi connectivity index (χ4n) is 2.57. The van der Waals surface area contributed by atoms with Crippen molar-refractivity contribution in [1.82, 2.24) is 0 Å². The summed E-state index contributed by atoms with van der Waals surface area (Å²) in [4.78, 5) is 12.5. The van der Waals surface area contributed by atoms with Gasteiger partial charge in [-0.05, 0) is 29.6 Å². The number of rotatable bonds is 3. The molecule has 0 radical (unpaired) electrons. The van der Waals surface area contributed by atoms with Crippen LogP contribution in [0.4, 0.5) is 5.69 Å². The van der Waals surface area contributed by atoms with Crippen molar-refractivity contribution in [1.29, 1.82) is 0 Å². The van der Waals surface area contributed by atoms with Crippen molar-refractivity contribution in [2.24, 2.45) is 11.0 Å². The van der Waals surface area contributed by atoms with E-state index in [-0.39, 0.29) is 17.7 Å². The average molecular weight is 355 g/mol. The van der Waals surface area contributed by atoms with E-state index in [0.717, 1.165) is 4.88 Å². The van der Waals surface area contributed by atoms with Crippen molar-refractivity contribution in [3.63, 3.8) is 0 Å². The molecule has 0 bridgehead atoms. The van der Waals surface area contributed by atoms with Gasteiger partial charge in [-0.2, -0.15) is 5.10 Å². The molecule has 1 aromatic heterocycles. The third-order valence-corrected chi connectivity index (χ3v) is 5.08. The van der Waals surface area contributed by atoms with E-state index in [0.29, 0.717) is 15.7 Å². The number of hydrazone groups is 1. The summed E-state index contributed by atoms with van der Waals surface area (Å²) in [6.45, 7) is 1.86. The summed E-state index contributed by atoms with van der Waals surface area (Å²) in [5.74, 6) is -1.26. The van der Waals surface area contributed by atoms with E-state index in [1.165, 1.54) is 0 Å². The van der Waals surface area contributed by atoms with E-state index in [1.807, 2.05) is 24.4 Å². The molecule has 1 N–H and O–H groups in total. The third kappa shape index (κ3) is 2.60. The highest BCUT2D eigenvalue weighted by Gasteiger charge is 2.40. The Labute approximate surface area is 141 Å². The van der Waals surface area contributed by atoms with Crippen LogP contribution in [0.25, 0.3) is 0 Å². The standard InChI is InChI=1S/C15H12Cl2N2O2S/c1-8-13(15(20)21)18-19(14(8)12-3-2-6-22-12)11-5-4-9(16)7-10(11)17/h2-8,14H,1H3,(H,20,21)/t8?,14-/m0/s1. The molecular weight excluding hydrogens is 343 g/mol. The highest BCUT2D eigenvalue weighted by Crippen LogP contribution is 2.43. The second kappa shape index (κ2) is 5.91. The van der Waals surface area contributed by atoms with E-state index >= 15 is 0 Å². The van der Waals surface area contributed by atoms with E-state index < -0.39 is 5.97 Å². The van der Waals surface area contributed by atoms with Gasteiger partial charge >= 0.3 is 5.97 Å². The van der Waals surface area contributed by atoms with Gasteiger partial charge in [-0.15, -0.1) is 11.3 Å². The minimum atomic E-state index is -1.01. The van der Waals surface area contributed by atoms with Crippen LogP contribution < -0.4 is 5.01 Å². The van der Waals surface area contributed by atoms with Gasteiger partial charge in [-0.25, -0.2) is 4.79 Å². The Morgan fingerprint density at radius 2 is 2.14 bits per heavy atom. The SMILES string of the molecule is CC1C(C(=O)O)=NN(c2ccc(Cl)cc2Cl)[C@@H]1c1cccs1. The van der Waals surface area contributed by atoms with Crippen LogP contribution >= 0.6 is 34.5 Å². The lowest BCUT2D eigenvalue weighted by Crippen LogP contribution is -2.25. The van der Waals surface area contributed by atoms with Crippen LogP contribution in [0.1, 0.15) is 17.8 Å². The van der Waals surface area contributed by atoms with Gasteiger partial charge in [0.15, 0.2) is 5.71 Å². The molecule has 0 amide bonds. The number of hydrogen-bond donors (Lipinski definition) is 1. The lowest BCUT2D eigenvalue weighted by Gasteiger charge is -2.26. The van der Waals surface area contributed by atoms with Gasteiger partial charge in [-0.1, -0.05) is 36.2 Å². The number of hydrogen-bond acceptors (Lipinski definition) is 4. The van der Waals surface area contributed by atoms with Crippen LogP contribution in [0.3, 0.4) is 0 Å². The zero-order valence-electron chi connectivity index (χ0n) is 11.5. The molecule has 1 unspecified atom stereocenters. The number of carboxylic acid groups (broad SMARTS) is 1. The molecule has 1 aromatic carbocycles. The number of nitrogens with zero attached hydrogens (tertiary/aromatic N) is 2. The summed E-state index contributed by atoms with van der Waals surface area (Å²) in [7, 11) is 0. The smallest absolute Gasteiger partial charge is 0.352 e. The number of carbonyl (C=O) groups is 1. The lowest BCUT2D eigenvalue weighted by molar-refractivity contribution is -0.129. The summed E-state index contributed by atoms with van der Waals surface area (Å²) in [6, 6.07) is 8.82. The molecule has 0 saturated carbocycles. The molecule has 22 heavy (non-hydrogen) atoms. The Hall–Kier alpha value is -1.56. The van der Waals surface area contributed by atoms with Gasteiger partial charge in [0, 0.05) is 15.8 Å². The highest BCUT2D eigenvalue weighted by molar-refractivity contribution is 7.10. The third-order valence-electron chi connectivity index (χ3n) is 3.59. The van der Waals surface area contributed by atoms with Crippen molar-refractivity contribution in [2.45, 2.75) is 13.0 Å². The van der Waals surface area contributed by atoms with Crippen molar-refractivity contribution in [3.8, 4) is 0 Å². The summed E-state index contributed by atoms with van der Waals surface area (Å²) < 4.78 is 0. The number of carboxylic acids is 1. The summed E-state index contributed by atoms with van der Waals surface area (Å²) in [6.07, 6.45) is 0. The molecule has 114 valence electrons. The number of thiophene rings is 1. The Balaban J connectivity index is 2.10. The van der Waals surface area contributed by atoms with Gasteiger partial charge < -0.3 is 5.11 Å². The molecular formula is C15H12Cl2N2O2S. The van der Waals surface area contributed by atoms with Gasteiger partial charge in [0.2, 0.25) is 0 Å². The van der Waals surface area contributed by atoms with E-state index in [4.69, 9.17) is 23.2 Å². The number of anilines is 1. The van der Waals surface area contributed by atoms with Crippen LogP contribution in [-0.2, 0) is 4.79 Å². The molecule has 2 heterocycles. The monoisotopic (exact) mass is 354 g/mol. The van der Waals surface area contributed by atoms with Crippen LogP contribution in [0.15, 0.2) is 40.8 Å². The molecule has 0 fully saturated rings. The fourth-order valence-corrected chi connectivity index (χ4v) is 3.98. The fraction of sp³-hybridized carbons (Fsp3) is 0.200. The molecule has 4 nitrogen and oxygen atoms in total. The van der Waals surface area contributed by atoms with Gasteiger partial charge in [-0.3, -0.25) is 5.01 Å². The molecule has 1 aliphatic rings. The number of halogens is 2. The topological polar surface area (TPSA) is 52.9 Å². The first-order valence-corrected chi connectivity index (χ1v) is 8.22. The molecule has 3 rings (SSSR count). The van der Waals surface area contributed by atoms with Gasteiger partial charge in [0.1, 0.15) is 0 Å². The maximum absolute atomic E-state index is 11.4. The summed E-state index contributed by atoms with van der Waals surface area (Å²) in [5, 5.41) is 18.3. The minimum absolute atomic E-state index is 0.129. The van der Waals surface area contributed by atoms with Crippen molar-refractivity contribution >= 4 is 51.9 Å². The van der Waals surface area contributed by atoms with Crippen molar-refractivity contribution in [2.75, 3.05) is 5.01 Å². The van der Waals surface area contributed by atoms with Gasteiger partial charge in [0.25, 0.3) is 0 Å². The summed E-state index contributed by atoms with van der Waals surface area (Å²) >= 11 is 13.8. The summed E-state index contributed by atoms with van der Waals surface area (Å²) in [5.41, 5.74) is 0.775. The second-order valence-corrected chi connectivity index (χ2v) is 6.80. The molecule has 0 aliphatic carbocycles. The normalized spacial score (nSPS) is 21.0. The minimum Gasteiger partial charge on any atom is -0.477 e. The van der Waals surface area contributed by atoms with Crippen LogP contribution in [0, 0.1) is 5.92 Å². The quantitative estimate of drug-likeness (QED) is 0.869. The average Bonchev–Trinajstić information content (AvgIpc) is 3.06. The zero-order valence-corrected chi connectivity index (χ0v) is 13.9. The molecule has 7 heteroatoms. The first-order valence-electron chi connectivity index (χ1n) is 6.58. The molecule has 0 spiro atoms. The van der Waals surface area contributed by atoms with Crippen LogP contribution in [0.2, 0.25) is 10.0 Å². The largest absolute Gasteiger partial charge is 0.477 e. The maximum Gasteiger partial charge on any atom is 0.352 e. The van der Waals surface area contributed by atoms with Crippen LogP contribution in [0.5, 0.6) is 0 Å². The second-order valence-electron chi connectivity index (χ2n) is 4.98. The first-order chi connectivity index (χ1) is 10.5.